The minimum Gasteiger partial charge on any atom is -0.462 e. The molecule has 2 aliphatic rings. The Morgan fingerprint density at radius 1 is 1.10 bits per heavy atom. The van der Waals surface area contributed by atoms with E-state index in [1.165, 1.54) is 4.31 Å². The van der Waals surface area contributed by atoms with E-state index >= 15 is 0 Å². The molecule has 0 unspecified atom stereocenters. The maximum atomic E-state index is 12.8. The molecule has 9 nitrogen and oxygen atoms in total. The summed E-state index contributed by atoms with van der Waals surface area (Å²) in [7, 11) is -3.26. The Morgan fingerprint density at radius 3 is 2.28 bits per heavy atom. The summed E-state index contributed by atoms with van der Waals surface area (Å²) >= 11 is 0. The van der Waals surface area contributed by atoms with E-state index in [0.29, 0.717) is 24.3 Å². The summed E-state index contributed by atoms with van der Waals surface area (Å²) in [6.07, 6.45) is 1.27. The van der Waals surface area contributed by atoms with Crippen LogP contribution in [-0.2, 0) is 24.3 Å². The molecule has 0 aliphatic carbocycles. The highest BCUT2D eigenvalue weighted by Crippen LogP contribution is 2.27. The van der Waals surface area contributed by atoms with Gasteiger partial charge in [-0.3, -0.25) is 9.59 Å². The van der Waals surface area contributed by atoms with Gasteiger partial charge in [0.15, 0.2) is 0 Å². The van der Waals surface area contributed by atoms with Gasteiger partial charge in [0, 0.05) is 44.8 Å². The molecule has 158 valence electrons. The van der Waals surface area contributed by atoms with Crippen molar-refractivity contribution in [2.75, 3.05) is 50.5 Å². The fourth-order valence-corrected chi connectivity index (χ4v) is 4.44. The lowest BCUT2D eigenvalue weighted by molar-refractivity contribution is -0.136. The molecule has 0 aromatic heterocycles. The third-order valence-electron chi connectivity index (χ3n) is 5.18. The summed E-state index contributed by atoms with van der Waals surface area (Å²) in [5.41, 5.74) is 1.03. The van der Waals surface area contributed by atoms with Crippen LogP contribution in [0.3, 0.4) is 0 Å². The average Bonchev–Trinajstić information content (AvgIpc) is 3.09. The largest absolute Gasteiger partial charge is 0.462 e. The zero-order valence-electron chi connectivity index (χ0n) is 16.5. The van der Waals surface area contributed by atoms with Crippen molar-refractivity contribution in [1.29, 1.82) is 0 Å². The van der Waals surface area contributed by atoms with Gasteiger partial charge in [0.25, 0.3) is 0 Å². The molecule has 2 fully saturated rings. The number of hydrogen-bond acceptors (Lipinski definition) is 6. The fraction of sp³-hybridized carbons (Fsp3) is 0.526. The number of anilines is 1. The second-order valence-electron chi connectivity index (χ2n) is 7.16. The summed E-state index contributed by atoms with van der Waals surface area (Å²) in [6, 6.07) is 6.53. The van der Waals surface area contributed by atoms with E-state index in [2.05, 4.69) is 0 Å². The Labute approximate surface area is 170 Å². The van der Waals surface area contributed by atoms with Crippen LogP contribution in [0.25, 0.3) is 0 Å². The zero-order chi connectivity index (χ0) is 21.2. The van der Waals surface area contributed by atoms with E-state index in [1.54, 1.807) is 41.0 Å². The average molecular weight is 423 g/mol. The summed E-state index contributed by atoms with van der Waals surface area (Å²) in [6.45, 7) is 3.47. The molecule has 2 amide bonds. The molecule has 0 bridgehead atoms. The Hall–Kier alpha value is -2.46. The van der Waals surface area contributed by atoms with E-state index in [4.69, 9.17) is 4.74 Å². The minimum atomic E-state index is -3.26. The Bertz CT molecular complexity index is 891. The number of carbonyl (C=O) groups excluding carboxylic acids is 3. The number of piperazine rings is 1. The van der Waals surface area contributed by atoms with Gasteiger partial charge in [-0.05, 0) is 31.2 Å². The number of carbonyl (C=O) groups is 3. The van der Waals surface area contributed by atoms with Crippen LogP contribution < -0.4 is 4.90 Å². The number of amides is 2. The van der Waals surface area contributed by atoms with Crippen molar-refractivity contribution in [2.24, 2.45) is 5.92 Å². The highest BCUT2D eigenvalue weighted by Gasteiger charge is 2.38. The molecule has 3 rings (SSSR count). The van der Waals surface area contributed by atoms with Crippen molar-refractivity contribution < 1.29 is 27.5 Å². The minimum absolute atomic E-state index is 0.116. The monoisotopic (exact) mass is 423 g/mol. The maximum absolute atomic E-state index is 12.8. The van der Waals surface area contributed by atoms with Crippen molar-refractivity contribution >= 4 is 33.5 Å². The van der Waals surface area contributed by atoms with Crippen LogP contribution in [0.1, 0.15) is 23.7 Å². The van der Waals surface area contributed by atoms with Gasteiger partial charge in [-0.15, -0.1) is 0 Å². The number of esters is 1. The first kappa shape index (κ1) is 21.3. The number of sulfonamides is 1. The van der Waals surface area contributed by atoms with E-state index in [-0.39, 0.29) is 44.5 Å². The first-order valence-electron chi connectivity index (χ1n) is 9.52. The van der Waals surface area contributed by atoms with Gasteiger partial charge >= 0.3 is 5.97 Å². The van der Waals surface area contributed by atoms with Crippen molar-refractivity contribution in [3.63, 3.8) is 0 Å². The predicted octanol–water partition coefficient (Wildman–Crippen LogP) is 0.320. The van der Waals surface area contributed by atoms with E-state index in [0.717, 1.165) is 6.26 Å². The number of rotatable bonds is 5. The van der Waals surface area contributed by atoms with Crippen LogP contribution in [0.15, 0.2) is 24.3 Å². The normalized spacial score (nSPS) is 20.8. The van der Waals surface area contributed by atoms with Crippen LogP contribution in [0.4, 0.5) is 5.69 Å². The van der Waals surface area contributed by atoms with Crippen LogP contribution in [0, 0.1) is 5.92 Å². The maximum Gasteiger partial charge on any atom is 0.338 e. The molecule has 1 aromatic rings. The zero-order valence-corrected chi connectivity index (χ0v) is 17.4. The third kappa shape index (κ3) is 4.76. The third-order valence-corrected chi connectivity index (χ3v) is 6.49. The number of benzene rings is 1. The number of nitrogens with zero attached hydrogens (tertiary/aromatic N) is 3. The highest BCUT2D eigenvalue weighted by molar-refractivity contribution is 7.88. The molecule has 0 spiro atoms. The Morgan fingerprint density at radius 2 is 1.72 bits per heavy atom. The van der Waals surface area contributed by atoms with E-state index < -0.39 is 21.9 Å². The molecule has 1 aromatic carbocycles. The molecule has 10 heteroatoms. The van der Waals surface area contributed by atoms with E-state index in [9.17, 15) is 22.8 Å². The molecular weight excluding hydrogens is 398 g/mol. The number of ether oxygens (including phenoxy) is 1. The molecule has 0 radical (unpaired) electrons. The molecule has 2 saturated heterocycles. The molecule has 1 atom stereocenters. The van der Waals surface area contributed by atoms with Crippen LogP contribution in [-0.4, -0.2) is 81.0 Å². The fourth-order valence-electron chi connectivity index (χ4n) is 3.61. The number of hydrogen-bond donors (Lipinski definition) is 0. The first-order chi connectivity index (χ1) is 13.7. The molecule has 2 aliphatic heterocycles. The first-order valence-corrected chi connectivity index (χ1v) is 11.4. The van der Waals surface area contributed by atoms with Crippen molar-refractivity contribution in [3.8, 4) is 0 Å². The van der Waals surface area contributed by atoms with Gasteiger partial charge in [0.05, 0.1) is 24.3 Å². The van der Waals surface area contributed by atoms with Crippen LogP contribution >= 0.6 is 0 Å². The van der Waals surface area contributed by atoms with Gasteiger partial charge < -0.3 is 14.5 Å². The van der Waals surface area contributed by atoms with Gasteiger partial charge in [-0.1, -0.05) is 0 Å². The second kappa shape index (κ2) is 8.50. The molecule has 2 heterocycles. The van der Waals surface area contributed by atoms with Crippen LogP contribution in [0.2, 0.25) is 0 Å². The summed E-state index contributed by atoms with van der Waals surface area (Å²) in [4.78, 5) is 40.2. The summed E-state index contributed by atoms with van der Waals surface area (Å²) < 4.78 is 29.5. The van der Waals surface area contributed by atoms with Crippen LogP contribution in [0.5, 0.6) is 0 Å². The Kier molecular flexibility index (Phi) is 6.23. The smallest absolute Gasteiger partial charge is 0.338 e. The van der Waals surface area contributed by atoms with E-state index in [1.807, 2.05) is 0 Å². The molecular formula is C19H25N3O6S. The van der Waals surface area contributed by atoms with Gasteiger partial charge in [-0.2, -0.15) is 4.31 Å². The van der Waals surface area contributed by atoms with Gasteiger partial charge in [0.2, 0.25) is 21.8 Å². The predicted molar refractivity (Wildman–Crippen MR) is 106 cm³/mol. The highest BCUT2D eigenvalue weighted by atomic mass is 32.2. The standard InChI is InChI=1S/C19H25N3O6S/c1-3-28-19(25)14-4-6-16(7-5-14)22-13-15(12-17(22)23)18(24)20-8-10-21(11-9-20)29(2,26)27/h4-7,15H,3,8-13H2,1-2H3/t15-/m0/s1. The van der Waals surface area contributed by atoms with Crippen molar-refractivity contribution in [1.82, 2.24) is 9.21 Å². The van der Waals surface area contributed by atoms with Crippen molar-refractivity contribution in [2.45, 2.75) is 13.3 Å². The lowest BCUT2D eigenvalue weighted by atomic mass is 10.1. The molecule has 0 saturated carbocycles. The second-order valence-corrected chi connectivity index (χ2v) is 9.14. The van der Waals surface area contributed by atoms with Gasteiger partial charge in [0.1, 0.15) is 0 Å². The summed E-state index contributed by atoms with van der Waals surface area (Å²) in [5.74, 6) is -1.16. The van der Waals surface area contributed by atoms with Gasteiger partial charge in [-0.25, -0.2) is 13.2 Å². The lowest BCUT2D eigenvalue weighted by Gasteiger charge is -2.34. The lowest BCUT2D eigenvalue weighted by Crippen LogP contribution is -2.51. The van der Waals surface area contributed by atoms with Crippen molar-refractivity contribution in [3.05, 3.63) is 29.8 Å². The SMILES string of the molecule is CCOC(=O)c1ccc(N2C[C@@H](C(=O)N3CCN(S(C)(=O)=O)CC3)CC2=O)cc1. The Balaban J connectivity index is 1.61. The topological polar surface area (TPSA) is 104 Å². The molecule has 0 N–H and O–H groups in total. The summed E-state index contributed by atoms with van der Waals surface area (Å²) in [5, 5.41) is 0. The quantitative estimate of drug-likeness (QED) is 0.632. The molecule has 29 heavy (non-hydrogen) atoms.